The lowest BCUT2D eigenvalue weighted by atomic mass is 10.2. The summed E-state index contributed by atoms with van der Waals surface area (Å²) in [6.07, 6.45) is 0. The summed E-state index contributed by atoms with van der Waals surface area (Å²) < 4.78 is 5.78. The molecule has 0 aliphatic heterocycles. The Morgan fingerprint density at radius 1 is 1.00 bits per heavy atom. The molecule has 1 aromatic heterocycles. The highest BCUT2D eigenvalue weighted by atomic mass is 35.5. The van der Waals surface area contributed by atoms with Crippen LogP contribution in [0.3, 0.4) is 0 Å². The van der Waals surface area contributed by atoms with Crippen LogP contribution in [0, 0.1) is 0 Å². The van der Waals surface area contributed by atoms with Gasteiger partial charge < -0.3 is 4.29 Å². The maximum absolute atomic E-state index is 13.4. The molecule has 0 aliphatic rings. The fourth-order valence-electron chi connectivity index (χ4n) is 2.70. The van der Waals surface area contributed by atoms with Crippen LogP contribution in [0.5, 0.6) is 5.75 Å². The van der Waals surface area contributed by atoms with Gasteiger partial charge in [-0.1, -0.05) is 53.3 Å². The van der Waals surface area contributed by atoms with Crippen LogP contribution in [-0.4, -0.2) is 10.9 Å². The van der Waals surface area contributed by atoms with Crippen LogP contribution in [-0.2, 0) is 0 Å². The zero-order chi connectivity index (χ0) is 18.8. The molecule has 7 heteroatoms. The molecule has 0 saturated carbocycles. The summed E-state index contributed by atoms with van der Waals surface area (Å²) in [7, 11) is 0. The first kappa shape index (κ1) is 17.8. The Kier molecular flexibility index (Phi) is 4.99. The Balaban J connectivity index is 1.89. The Bertz CT molecular complexity index is 1100. The molecule has 0 fully saturated rings. The molecule has 0 spiro atoms. The fraction of sp³-hybridized carbons (Fsp3) is 0. The van der Waals surface area contributed by atoms with E-state index in [9.17, 15) is 4.79 Å². The number of rotatable bonds is 4. The summed E-state index contributed by atoms with van der Waals surface area (Å²) in [5, 5.41) is 0.909. The number of benzene rings is 3. The minimum absolute atomic E-state index is 0.286. The molecule has 0 aliphatic carbocycles. The highest BCUT2D eigenvalue weighted by molar-refractivity contribution is 7.22. The third kappa shape index (κ3) is 3.49. The molecule has 134 valence electrons. The largest absolute Gasteiger partial charge is 0.386 e. The zero-order valence-electron chi connectivity index (χ0n) is 13.8. The second-order valence-electron chi connectivity index (χ2n) is 5.66. The smallest absolute Gasteiger partial charge is 0.266 e. The third-order valence-corrected chi connectivity index (χ3v) is 5.48. The van der Waals surface area contributed by atoms with Crippen LogP contribution in [0.2, 0.25) is 5.02 Å². The molecule has 0 radical (unpaired) electrons. The van der Waals surface area contributed by atoms with Crippen LogP contribution < -0.4 is 9.19 Å². The topological polar surface area (TPSA) is 42.4 Å². The monoisotopic (exact) mass is 414 g/mol. The van der Waals surface area contributed by atoms with Gasteiger partial charge in [-0.15, -0.1) is 0 Å². The van der Waals surface area contributed by atoms with Gasteiger partial charge in [-0.05, 0) is 36.4 Å². The Morgan fingerprint density at radius 2 is 1.78 bits per heavy atom. The molecule has 0 atom stereocenters. The van der Waals surface area contributed by atoms with Crippen molar-refractivity contribution in [3.05, 3.63) is 83.4 Å². The van der Waals surface area contributed by atoms with E-state index >= 15 is 0 Å². The van der Waals surface area contributed by atoms with E-state index in [0.717, 1.165) is 10.2 Å². The van der Waals surface area contributed by atoms with Crippen molar-refractivity contribution in [2.75, 3.05) is 4.90 Å². The molecule has 1 amide bonds. The van der Waals surface area contributed by atoms with Gasteiger partial charge in [0.15, 0.2) is 5.13 Å². The first-order chi connectivity index (χ1) is 13.2. The van der Waals surface area contributed by atoms with E-state index in [4.69, 9.17) is 27.8 Å². The number of hydrogen-bond acceptors (Lipinski definition) is 4. The Hall–Kier alpha value is -2.60. The standard InChI is InChI=1S/C20H12Cl2N2O2S/c21-16-9-2-1-8-15(16)19(25)24(13-6-5-7-14(12-13)26-22)20-23-17-10-3-4-11-18(17)27-20/h1-12H. The third-order valence-electron chi connectivity index (χ3n) is 3.95. The summed E-state index contributed by atoms with van der Waals surface area (Å²) in [5.74, 6) is 0.138. The number of carbonyl (C=O) groups excluding carboxylic acids is 1. The Labute approximate surface area is 169 Å². The highest BCUT2D eigenvalue weighted by Crippen LogP contribution is 2.36. The van der Waals surface area contributed by atoms with E-state index in [1.165, 1.54) is 16.2 Å². The predicted octanol–water partition coefficient (Wildman–Crippen LogP) is 6.46. The van der Waals surface area contributed by atoms with Crippen molar-refractivity contribution in [3.63, 3.8) is 0 Å². The van der Waals surface area contributed by atoms with Gasteiger partial charge in [0.2, 0.25) is 0 Å². The minimum atomic E-state index is -0.286. The van der Waals surface area contributed by atoms with E-state index in [-0.39, 0.29) is 5.91 Å². The number of thiazole rings is 1. The van der Waals surface area contributed by atoms with Crippen LogP contribution in [0.25, 0.3) is 10.2 Å². The van der Waals surface area contributed by atoms with Crippen molar-refractivity contribution in [2.24, 2.45) is 0 Å². The van der Waals surface area contributed by atoms with E-state index < -0.39 is 0 Å². The summed E-state index contributed by atoms with van der Waals surface area (Å²) in [6.45, 7) is 0. The number of nitrogens with zero attached hydrogens (tertiary/aromatic N) is 2. The van der Waals surface area contributed by atoms with Crippen molar-refractivity contribution in [1.29, 1.82) is 0 Å². The van der Waals surface area contributed by atoms with Crippen LogP contribution in [0.1, 0.15) is 10.4 Å². The fourth-order valence-corrected chi connectivity index (χ4v) is 3.99. The molecule has 4 aromatic rings. The van der Waals surface area contributed by atoms with Gasteiger partial charge in [0, 0.05) is 6.07 Å². The van der Waals surface area contributed by atoms with Crippen molar-refractivity contribution in [3.8, 4) is 5.75 Å². The molecule has 4 nitrogen and oxygen atoms in total. The molecule has 27 heavy (non-hydrogen) atoms. The second-order valence-corrected chi connectivity index (χ2v) is 7.23. The number of aromatic nitrogens is 1. The van der Waals surface area contributed by atoms with Crippen molar-refractivity contribution < 1.29 is 9.08 Å². The van der Waals surface area contributed by atoms with Gasteiger partial charge in [-0.2, -0.15) is 0 Å². The molecule has 0 N–H and O–H groups in total. The number of halogens is 2. The highest BCUT2D eigenvalue weighted by Gasteiger charge is 2.25. The maximum atomic E-state index is 13.4. The summed E-state index contributed by atoms with van der Waals surface area (Å²) in [4.78, 5) is 19.5. The number of anilines is 2. The van der Waals surface area contributed by atoms with Crippen molar-refractivity contribution >= 4 is 61.7 Å². The lowest BCUT2D eigenvalue weighted by Gasteiger charge is -2.21. The van der Waals surface area contributed by atoms with Crippen molar-refractivity contribution in [2.45, 2.75) is 0 Å². The van der Waals surface area contributed by atoms with E-state index in [0.29, 0.717) is 27.2 Å². The molecular formula is C20H12Cl2N2O2S. The van der Waals surface area contributed by atoms with Gasteiger partial charge in [0.1, 0.15) is 17.6 Å². The Morgan fingerprint density at radius 3 is 2.56 bits per heavy atom. The summed E-state index contributed by atoms with van der Waals surface area (Å²) in [5.41, 5.74) is 1.78. The first-order valence-corrected chi connectivity index (χ1v) is 9.51. The second kappa shape index (κ2) is 7.56. The van der Waals surface area contributed by atoms with Crippen molar-refractivity contribution in [1.82, 2.24) is 4.98 Å². The predicted molar refractivity (Wildman–Crippen MR) is 110 cm³/mol. The SMILES string of the molecule is O=C(c1ccccc1Cl)N(c1cccc(OCl)c1)c1nc2ccccc2s1. The molecular weight excluding hydrogens is 403 g/mol. The summed E-state index contributed by atoms with van der Waals surface area (Å²) >= 11 is 13.2. The van der Waals surface area contributed by atoms with Gasteiger partial charge >= 0.3 is 0 Å². The molecule has 4 rings (SSSR count). The number of fused-ring (bicyclic) bond motifs is 1. The number of carbonyl (C=O) groups is 1. The summed E-state index contributed by atoms with van der Waals surface area (Å²) in [6, 6.07) is 21.6. The van der Waals surface area contributed by atoms with Gasteiger partial charge in [-0.25, -0.2) is 4.98 Å². The van der Waals surface area contributed by atoms with Crippen LogP contribution >= 0.6 is 34.8 Å². The normalized spacial score (nSPS) is 10.7. The van der Waals surface area contributed by atoms with Crippen LogP contribution in [0.15, 0.2) is 72.8 Å². The van der Waals surface area contributed by atoms with Gasteiger partial charge in [-0.3, -0.25) is 9.69 Å². The lowest BCUT2D eigenvalue weighted by molar-refractivity contribution is 0.0999. The van der Waals surface area contributed by atoms with Gasteiger partial charge in [0.25, 0.3) is 5.91 Å². The lowest BCUT2D eigenvalue weighted by Crippen LogP contribution is -2.26. The van der Waals surface area contributed by atoms with E-state index in [1.807, 2.05) is 24.3 Å². The zero-order valence-corrected chi connectivity index (χ0v) is 16.1. The molecule has 0 unspecified atom stereocenters. The number of amides is 1. The van der Waals surface area contributed by atoms with Crippen LogP contribution in [0.4, 0.5) is 10.8 Å². The quantitative estimate of drug-likeness (QED) is 0.384. The number of hydrogen-bond donors (Lipinski definition) is 0. The molecule has 0 bridgehead atoms. The average Bonchev–Trinajstić information content (AvgIpc) is 3.12. The van der Waals surface area contributed by atoms with E-state index in [1.54, 1.807) is 48.5 Å². The first-order valence-electron chi connectivity index (χ1n) is 8.00. The van der Waals surface area contributed by atoms with E-state index in [2.05, 4.69) is 4.98 Å². The molecule has 1 heterocycles. The minimum Gasteiger partial charge on any atom is -0.386 e. The molecule has 0 saturated heterocycles. The maximum Gasteiger partial charge on any atom is 0.266 e. The molecule has 3 aromatic carbocycles. The average molecular weight is 415 g/mol. The number of para-hydroxylation sites is 1. The van der Waals surface area contributed by atoms with Gasteiger partial charge in [0.05, 0.1) is 26.5 Å².